The quantitative estimate of drug-likeness (QED) is 0.178. The van der Waals surface area contributed by atoms with Crippen molar-refractivity contribution >= 4 is 23.4 Å². The Hall–Kier alpha value is -4.33. The SMILES string of the molecule is Cc1ccc(C(=O)Oc2ccc(C(=O)COC(=O)c3ccc([N+](=O)[O-])c(C)c3)cc2)cc1. The molecule has 3 aromatic rings. The molecule has 8 heteroatoms. The number of Topliss-reactive ketones (excluding diaryl/α,β-unsaturated/α-hetero) is 1. The number of hydrogen-bond donors (Lipinski definition) is 0. The Morgan fingerprint density at radius 3 is 2.00 bits per heavy atom. The summed E-state index contributed by atoms with van der Waals surface area (Å²) in [7, 11) is 0. The molecule has 3 rings (SSSR count). The van der Waals surface area contributed by atoms with Crippen LogP contribution in [-0.4, -0.2) is 29.3 Å². The summed E-state index contributed by atoms with van der Waals surface area (Å²) in [5.74, 6) is -1.46. The van der Waals surface area contributed by atoms with Crippen molar-refractivity contribution < 1.29 is 28.8 Å². The molecule has 0 heterocycles. The van der Waals surface area contributed by atoms with Crippen molar-refractivity contribution in [3.63, 3.8) is 0 Å². The summed E-state index contributed by atoms with van der Waals surface area (Å²) in [5.41, 5.74) is 2.01. The molecule has 32 heavy (non-hydrogen) atoms. The van der Waals surface area contributed by atoms with Crippen LogP contribution in [0.1, 0.15) is 42.2 Å². The first-order valence-corrected chi connectivity index (χ1v) is 9.59. The molecule has 3 aromatic carbocycles. The maximum absolute atomic E-state index is 12.3. The number of nitro groups is 1. The molecule has 0 bridgehead atoms. The number of benzene rings is 3. The Morgan fingerprint density at radius 1 is 0.812 bits per heavy atom. The molecule has 0 atom stereocenters. The Labute approximate surface area is 183 Å². The van der Waals surface area contributed by atoms with E-state index in [1.807, 2.05) is 6.92 Å². The van der Waals surface area contributed by atoms with Gasteiger partial charge in [0, 0.05) is 17.2 Å². The average Bonchev–Trinajstić information content (AvgIpc) is 2.77. The van der Waals surface area contributed by atoms with Crippen LogP contribution < -0.4 is 4.74 Å². The average molecular weight is 433 g/mol. The summed E-state index contributed by atoms with van der Waals surface area (Å²) < 4.78 is 10.3. The minimum Gasteiger partial charge on any atom is -0.454 e. The molecule has 0 radical (unpaired) electrons. The first-order chi connectivity index (χ1) is 15.2. The van der Waals surface area contributed by atoms with Gasteiger partial charge in [-0.3, -0.25) is 14.9 Å². The number of nitrogens with zero attached hydrogens (tertiary/aromatic N) is 1. The Bertz CT molecular complexity index is 1180. The molecule has 0 N–H and O–H groups in total. The van der Waals surface area contributed by atoms with Crippen LogP contribution in [0, 0.1) is 24.0 Å². The van der Waals surface area contributed by atoms with Crippen molar-refractivity contribution in [1.82, 2.24) is 0 Å². The molecule has 0 aliphatic heterocycles. The van der Waals surface area contributed by atoms with Crippen LogP contribution in [0.4, 0.5) is 5.69 Å². The van der Waals surface area contributed by atoms with Crippen molar-refractivity contribution in [3.05, 3.63) is 105 Å². The van der Waals surface area contributed by atoms with Crippen molar-refractivity contribution in [2.75, 3.05) is 6.61 Å². The lowest BCUT2D eigenvalue weighted by Crippen LogP contribution is -2.14. The topological polar surface area (TPSA) is 113 Å². The number of carbonyl (C=O) groups is 3. The molecule has 162 valence electrons. The number of ketones is 1. The van der Waals surface area contributed by atoms with Gasteiger partial charge in [0.25, 0.3) is 5.69 Å². The molecule has 0 unspecified atom stereocenters. The highest BCUT2D eigenvalue weighted by Crippen LogP contribution is 2.20. The predicted octanol–water partition coefficient (Wildman–Crippen LogP) is 4.47. The van der Waals surface area contributed by atoms with Gasteiger partial charge in [-0.2, -0.15) is 0 Å². The number of rotatable bonds is 7. The van der Waals surface area contributed by atoms with E-state index in [2.05, 4.69) is 0 Å². The van der Waals surface area contributed by atoms with Crippen LogP contribution >= 0.6 is 0 Å². The highest BCUT2D eigenvalue weighted by Gasteiger charge is 2.16. The van der Waals surface area contributed by atoms with Gasteiger partial charge in [0.05, 0.1) is 16.1 Å². The number of ether oxygens (including phenoxy) is 2. The number of esters is 2. The molecular formula is C24H19NO7. The molecule has 0 aliphatic rings. The van der Waals surface area contributed by atoms with Gasteiger partial charge in [0.2, 0.25) is 0 Å². The van der Waals surface area contributed by atoms with Gasteiger partial charge >= 0.3 is 11.9 Å². The third kappa shape index (κ3) is 5.42. The molecular weight excluding hydrogens is 414 g/mol. The van der Waals surface area contributed by atoms with Crippen molar-refractivity contribution in [2.45, 2.75) is 13.8 Å². The van der Waals surface area contributed by atoms with Crippen LogP contribution in [0.5, 0.6) is 5.75 Å². The normalized spacial score (nSPS) is 10.3. The van der Waals surface area contributed by atoms with Crippen molar-refractivity contribution in [3.8, 4) is 5.75 Å². The Kier molecular flexibility index (Phi) is 6.74. The summed E-state index contributed by atoms with van der Waals surface area (Å²) in [6.07, 6.45) is 0. The Morgan fingerprint density at radius 2 is 1.41 bits per heavy atom. The molecule has 0 aromatic heterocycles. The lowest BCUT2D eigenvalue weighted by atomic mass is 10.1. The van der Waals surface area contributed by atoms with Crippen molar-refractivity contribution in [2.24, 2.45) is 0 Å². The molecule has 8 nitrogen and oxygen atoms in total. The van der Waals surface area contributed by atoms with E-state index in [9.17, 15) is 24.5 Å². The highest BCUT2D eigenvalue weighted by molar-refractivity contribution is 5.99. The Balaban J connectivity index is 1.57. The standard InChI is InChI=1S/C24H19NO7/c1-15-3-5-18(6-4-15)24(28)32-20-10-7-17(8-11-20)22(26)14-31-23(27)19-9-12-21(25(29)30)16(2)13-19/h3-13H,14H2,1-2H3. The molecule has 0 saturated carbocycles. The molecule has 0 fully saturated rings. The van der Waals surface area contributed by atoms with Crippen LogP contribution in [0.2, 0.25) is 0 Å². The maximum atomic E-state index is 12.3. The molecule has 0 spiro atoms. The largest absolute Gasteiger partial charge is 0.454 e. The van der Waals surface area contributed by atoms with Gasteiger partial charge in [0.1, 0.15) is 5.75 Å². The van der Waals surface area contributed by atoms with Crippen LogP contribution in [0.25, 0.3) is 0 Å². The van der Waals surface area contributed by atoms with E-state index in [0.717, 1.165) is 5.56 Å². The third-order valence-corrected chi connectivity index (χ3v) is 4.64. The van der Waals surface area contributed by atoms with Gasteiger partial charge in [0.15, 0.2) is 12.4 Å². The summed E-state index contributed by atoms with van der Waals surface area (Å²) in [5, 5.41) is 10.9. The fraction of sp³-hybridized carbons (Fsp3) is 0.125. The fourth-order valence-electron chi connectivity index (χ4n) is 2.85. The summed E-state index contributed by atoms with van der Waals surface area (Å²) in [4.78, 5) is 46.9. The van der Waals surface area contributed by atoms with E-state index in [-0.39, 0.29) is 22.6 Å². The summed E-state index contributed by atoms with van der Waals surface area (Å²) >= 11 is 0. The lowest BCUT2D eigenvalue weighted by Gasteiger charge is -2.07. The van der Waals surface area contributed by atoms with E-state index >= 15 is 0 Å². The highest BCUT2D eigenvalue weighted by atomic mass is 16.6. The van der Waals surface area contributed by atoms with Gasteiger partial charge in [-0.1, -0.05) is 17.7 Å². The second-order valence-electron chi connectivity index (χ2n) is 7.04. The van der Waals surface area contributed by atoms with Crippen molar-refractivity contribution in [1.29, 1.82) is 0 Å². The zero-order chi connectivity index (χ0) is 23.3. The summed E-state index contributed by atoms with van der Waals surface area (Å²) in [6.45, 7) is 2.92. The lowest BCUT2D eigenvalue weighted by molar-refractivity contribution is -0.385. The van der Waals surface area contributed by atoms with E-state index in [1.165, 1.54) is 49.4 Å². The van der Waals surface area contributed by atoms with Crippen LogP contribution in [0.3, 0.4) is 0 Å². The van der Waals surface area contributed by atoms with Gasteiger partial charge in [-0.15, -0.1) is 0 Å². The predicted molar refractivity (Wildman–Crippen MR) is 115 cm³/mol. The third-order valence-electron chi connectivity index (χ3n) is 4.64. The van der Waals surface area contributed by atoms with Gasteiger partial charge in [-0.25, -0.2) is 9.59 Å². The van der Waals surface area contributed by atoms with Gasteiger partial charge in [-0.05, 0) is 62.4 Å². The second kappa shape index (κ2) is 9.65. The minimum absolute atomic E-state index is 0.110. The fourth-order valence-corrected chi connectivity index (χ4v) is 2.85. The first-order valence-electron chi connectivity index (χ1n) is 9.59. The molecule has 0 amide bonds. The number of carbonyl (C=O) groups excluding carboxylic acids is 3. The minimum atomic E-state index is -0.764. The molecule has 0 aliphatic carbocycles. The number of hydrogen-bond acceptors (Lipinski definition) is 7. The monoisotopic (exact) mass is 433 g/mol. The van der Waals surface area contributed by atoms with E-state index in [0.29, 0.717) is 11.1 Å². The summed E-state index contributed by atoms with van der Waals surface area (Å²) in [6, 6.07) is 16.6. The van der Waals surface area contributed by atoms with E-state index < -0.39 is 29.3 Å². The van der Waals surface area contributed by atoms with E-state index in [4.69, 9.17) is 9.47 Å². The number of aryl methyl sites for hydroxylation is 2. The number of nitro benzene ring substituents is 1. The van der Waals surface area contributed by atoms with E-state index in [1.54, 1.807) is 24.3 Å². The first kappa shape index (κ1) is 22.4. The second-order valence-corrected chi connectivity index (χ2v) is 7.04. The smallest absolute Gasteiger partial charge is 0.343 e. The molecule has 0 saturated heterocycles. The van der Waals surface area contributed by atoms with Crippen LogP contribution in [0.15, 0.2) is 66.7 Å². The van der Waals surface area contributed by atoms with Crippen LogP contribution in [-0.2, 0) is 4.74 Å². The zero-order valence-electron chi connectivity index (χ0n) is 17.4. The van der Waals surface area contributed by atoms with Gasteiger partial charge < -0.3 is 9.47 Å². The zero-order valence-corrected chi connectivity index (χ0v) is 17.4. The maximum Gasteiger partial charge on any atom is 0.343 e.